The molecule has 0 bridgehead atoms. The minimum Gasteiger partial charge on any atom is -0.497 e. The van der Waals surface area contributed by atoms with Crippen molar-refractivity contribution in [2.75, 3.05) is 26.7 Å². The average molecular weight is 384 g/mol. The van der Waals surface area contributed by atoms with E-state index in [4.69, 9.17) is 4.74 Å². The van der Waals surface area contributed by atoms with Crippen LogP contribution in [0.3, 0.4) is 0 Å². The molecule has 0 saturated carbocycles. The smallest absolute Gasteiger partial charge is 0.253 e. The summed E-state index contributed by atoms with van der Waals surface area (Å²) in [5, 5.41) is 2.92. The third kappa shape index (κ3) is 4.32. The van der Waals surface area contributed by atoms with E-state index >= 15 is 0 Å². The molecule has 0 spiro atoms. The molecule has 1 heterocycles. The van der Waals surface area contributed by atoms with Crippen molar-refractivity contribution in [3.05, 3.63) is 65.5 Å². The molecule has 2 amide bonds. The number of methoxy groups -OCH3 is 1. The summed E-state index contributed by atoms with van der Waals surface area (Å²) in [7, 11) is 1.57. The Morgan fingerprint density at radius 1 is 1.18 bits per heavy atom. The molecule has 1 aliphatic heterocycles. The highest BCUT2D eigenvalue weighted by atomic mass is 19.1. The van der Waals surface area contributed by atoms with Gasteiger partial charge < -0.3 is 15.0 Å². The predicted octanol–water partition coefficient (Wildman–Crippen LogP) is 3.22. The summed E-state index contributed by atoms with van der Waals surface area (Å²) >= 11 is 0. The highest BCUT2D eigenvalue weighted by Crippen LogP contribution is 2.34. The summed E-state index contributed by atoms with van der Waals surface area (Å²) in [6.07, 6.45) is 0.831. The Morgan fingerprint density at radius 2 is 1.93 bits per heavy atom. The predicted molar refractivity (Wildman–Crippen MR) is 105 cm³/mol. The number of hydrogen-bond acceptors (Lipinski definition) is 3. The van der Waals surface area contributed by atoms with E-state index in [2.05, 4.69) is 5.32 Å². The van der Waals surface area contributed by atoms with E-state index in [0.717, 1.165) is 12.0 Å². The molecule has 0 unspecified atom stereocenters. The second-order valence-electron chi connectivity index (χ2n) is 7.00. The van der Waals surface area contributed by atoms with Crippen molar-refractivity contribution < 1.29 is 18.7 Å². The van der Waals surface area contributed by atoms with Gasteiger partial charge in [-0.05, 0) is 48.4 Å². The monoisotopic (exact) mass is 384 g/mol. The highest BCUT2D eigenvalue weighted by molar-refractivity contribution is 5.95. The number of amides is 2. The van der Waals surface area contributed by atoms with E-state index in [1.165, 1.54) is 12.1 Å². The van der Waals surface area contributed by atoms with E-state index in [-0.39, 0.29) is 23.5 Å². The summed E-state index contributed by atoms with van der Waals surface area (Å²) < 4.78 is 18.9. The maximum Gasteiger partial charge on any atom is 0.253 e. The molecule has 1 N–H and O–H groups in total. The number of halogens is 1. The first-order valence-electron chi connectivity index (χ1n) is 9.50. The van der Waals surface area contributed by atoms with Crippen molar-refractivity contribution in [3.8, 4) is 5.75 Å². The number of ether oxygens (including phenoxy) is 1. The van der Waals surface area contributed by atoms with Gasteiger partial charge in [-0.25, -0.2) is 4.39 Å². The number of carbonyl (C=O) groups excluding carboxylic acids is 2. The zero-order valence-corrected chi connectivity index (χ0v) is 16.2. The van der Waals surface area contributed by atoms with Gasteiger partial charge in [0.1, 0.15) is 11.6 Å². The van der Waals surface area contributed by atoms with Crippen LogP contribution < -0.4 is 10.1 Å². The van der Waals surface area contributed by atoms with Crippen LogP contribution in [0.1, 0.15) is 35.2 Å². The molecule has 2 aromatic carbocycles. The van der Waals surface area contributed by atoms with Crippen molar-refractivity contribution in [2.24, 2.45) is 5.92 Å². The summed E-state index contributed by atoms with van der Waals surface area (Å²) in [6, 6.07) is 13.2. The molecular weight excluding hydrogens is 359 g/mol. The maximum absolute atomic E-state index is 13.8. The minimum absolute atomic E-state index is 0.0962. The molecule has 1 fully saturated rings. The Balaban J connectivity index is 1.83. The fourth-order valence-electron chi connectivity index (χ4n) is 3.61. The highest BCUT2D eigenvalue weighted by Gasteiger charge is 2.40. The zero-order valence-electron chi connectivity index (χ0n) is 16.2. The second-order valence-corrected chi connectivity index (χ2v) is 7.00. The van der Waals surface area contributed by atoms with Gasteiger partial charge in [0.15, 0.2) is 0 Å². The Labute approximate surface area is 164 Å². The fourth-order valence-corrected chi connectivity index (χ4v) is 3.61. The van der Waals surface area contributed by atoms with E-state index < -0.39 is 5.92 Å². The van der Waals surface area contributed by atoms with Gasteiger partial charge in [0, 0.05) is 31.1 Å². The second kappa shape index (κ2) is 8.87. The number of carbonyl (C=O) groups is 2. The van der Waals surface area contributed by atoms with Crippen LogP contribution in [0.25, 0.3) is 0 Å². The van der Waals surface area contributed by atoms with Crippen LogP contribution in [0, 0.1) is 11.7 Å². The van der Waals surface area contributed by atoms with Gasteiger partial charge in [-0.3, -0.25) is 9.59 Å². The molecule has 2 aromatic rings. The van der Waals surface area contributed by atoms with Crippen molar-refractivity contribution in [2.45, 2.75) is 19.3 Å². The molecule has 3 rings (SSSR count). The van der Waals surface area contributed by atoms with Crippen LogP contribution in [0.5, 0.6) is 5.75 Å². The van der Waals surface area contributed by atoms with E-state index in [1.807, 2.05) is 13.0 Å². The van der Waals surface area contributed by atoms with Crippen LogP contribution in [-0.2, 0) is 4.79 Å². The quantitative estimate of drug-likeness (QED) is 0.832. The van der Waals surface area contributed by atoms with Crippen molar-refractivity contribution in [1.82, 2.24) is 10.2 Å². The molecule has 5 nitrogen and oxygen atoms in total. The van der Waals surface area contributed by atoms with Crippen LogP contribution in [-0.4, -0.2) is 43.5 Å². The normalized spacial score (nSPS) is 18.8. The van der Waals surface area contributed by atoms with Crippen LogP contribution >= 0.6 is 0 Å². The fraction of sp³-hybridized carbons (Fsp3) is 0.364. The Kier molecular flexibility index (Phi) is 6.29. The lowest BCUT2D eigenvalue weighted by atomic mass is 9.88. The van der Waals surface area contributed by atoms with Gasteiger partial charge in [-0.15, -0.1) is 0 Å². The molecule has 148 valence electrons. The lowest BCUT2D eigenvalue weighted by molar-refractivity contribution is -0.124. The van der Waals surface area contributed by atoms with Gasteiger partial charge >= 0.3 is 0 Å². The Hall–Kier alpha value is -2.89. The number of nitrogens with one attached hydrogen (secondary N) is 1. The largest absolute Gasteiger partial charge is 0.497 e. The zero-order chi connectivity index (χ0) is 20.1. The summed E-state index contributed by atoms with van der Waals surface area (Å²) in [5.74, 6) is -0.557. The van der Waals surface area contributed by atoms with E-state index in [1.54, 1.807) is 42.3 Å². The molecule has 1 saturated heterocycles. The van der Waals surface area contributed by atoms with Crippen LogP contribution in [0.15, 0.2) is 48.5 Å². The van der Waals surface area contributed by atoms with Gasteiger partial charge in [-0.2, -0.15) is 0 Å². The topological polar surface area (TPSA) is 58.6 Å². The molecule has 6 heteroatoms. The van der Waals surface area contributed by atoms with Crippen LogP contribution in [0.2, 0.25) is 0 Å². The number of benzene rings is 2. The Bertz CT molecular complexity index is 838. The third-order valence-electron chi connectivity index (χ3n) is 5.11. The number of nitrogens with zero attached hydrogens (tertiary/aromatic N) is 1. The van der Waals surface area contributed by atoms with Gasteiger partial charge in [0.05, 0.1) is 13.0 Å². The first-order valence-corrected chi connectivity index (χ1v) is 9.50. The molecule has 1 aliphatic rings. The third-order valence-corrected chi connectivity index (χ3v) is 5.11. The van der Waals surface area contributed by atoms with Gasteiger partial charge in [0.2, 0.25) is 5.91 Å². The maximum atomic E-state index is 13.8. The van der Waals surface area contributed by atoms with Crippen LogP contribution in [0.4, 0.5) is 4.39 Å². The summed E-state index contributed by atoms with van der Waals surface area (Å²) in [6.45, 7) is 3.25. The molecule has 2 atom stereocenters. The molecule has 0 aliphatic carbocycles. The minimum atomic E-state index is -0.407. The molecule has 28 heavy (non-hydrogen) atoms. The molecule has 0 radical (unpaired) electrons. The lowest BCUT2D eigenvalue weighted by Crippen LogP contribution is -2.36. The first kappa shape index (κ1) is 19.9. The van der Waals surface area contributed by atoms with Gasteiger partial charge in [-0.1, -0.05) is 19.1 Å². The average Bonchev–Trinajstić information content (AvgIpc) is 3.17. The standard InChI is InChI=1S/C22H25FN2O3/c1-3-11-24-21(26)20-14-25(13-19(20)16-5-4-6-17(23)12-16)22(27)15-7-9-18(28-2)10-8-15/h4-10,12,19-20H,3,11,13-14H2,1-2H3,(H,24,26)/t19-,20+/m1/s1. The molecule has 0 aromatic heterocycles. The lowest BCUT2D eigenvalue weighted by Gasteiger charge is -2.18. The van der Waals surface area contributed by atoms with E-state index in [0.29, 0.717) is 30.9 Å². The van der Waals surface area contributed by atoms with Crippen molar-refractivity contribution in [3.63, 3.8) is 0 Å². The van der Waals surface area contributed by atoms with E-state index in [9.17, 15) is 14.0 Å². The number of hydrogen-bond donors (Lipinski definition) is 1. The number of likely N-dealkylation sites (tertiary alicyclic amines) is 1. The Morgan fingerprint density at radius 3 is 2.57 bits per heavy atom. The summed E-state index contributed by atoms with van der Waals surface area (Å²) in [5.41, 5.74) is 1.27. The van der Waals surface area contributed by atoms with Crippen molar-refractivity contribution >= 4 is 11.8 Å². The first-order chi connectivity index (χ1) is 13.5. The van der Waals surface area contributed by atoms with Crippen molar-refractivity contribution in [1.29, 1.82) is 0 Å². The SMILES string of the molecule is CCCNC(=O)[C@H]1CN(C(=O)c2ccc(OC)cc2)C[C@@H]1c1cccc(F)c1. The van der Waals surface area contributed by atoms with Gasteiger partial charge in [0.25, 0.3) is 5.91 Å². The number of rotatable bonds is 6. The summed E-state index contributed by atoms with van der Waals surface area (Å²) in [4.78, 5) is 27.3. The molecular formula is C22H25FN2O3.